The van der Waals surface area contributed by atoms with E-state index in [4.69, 9.17) is 16.0 Å². The molecule has 0 unspecified atom stereocenters. The number of fused-ring (bicyclic) bond motifs is 1. The first-order valence-corrected chi connectivity index (χ1v) is 6.94. The van der Waals surface area contributed by atoms with E-state index in [0.29, 0.717) is 16.9 Å². The first-order chi connectivity index (χ1) is 9.15. The highest BCUT2D eigenvalue weighted by Gasteiger charge is 2.29. The number of carbonyl (C=O) groups is 1. The van der Waals surface area contributed by atoms with E-state index >= 15 is 0 Å². The highest BCUT2D eigenvalue weighted by atomic mass is 35.5. The lowest BCUT2D eigenvalue weighted by Crippen LogP contribution is -2.37. The van der Waals surface area contributed by atoms with E-state index in [-0.39, 0.29) is 5.91 Å². The minimum Gasteiger partial charge on any atom is -0.463 e. The van der Waals surface area contributed by atoms with Gasteiger partial charge in [-0.15, -0.1) is 11.6 Å². The van der Waals surface area contributed by atoms with Gasteiger partial charge in [0.25, 0.3) is 5.91 Å². The topological polar surface area (TPSA) is 33.5 Å². The van der Waals surface area contributed by atoms with Crippen LogP contribution in [-0.2, 0) is 0 Å². The van der Waals surface area contributed by atoms with Crippen LogP contribution in [0.5, 0.6) is 0 Å². The zero-order valence-corrected chi connectivity index (χ0v) is 11.6. The van der Waals surface area contributed by atoms with Gasteiger partial charge in [-0.25, -0.2) is 0 Å². The molecule has 3 rings (SSSR count). The van der Waals surface area contributed by atoms with Crippen molar-refractivity contribution < 1.29 is 9.21 Å². The Morgan fingerprint density at radius 2 is 2.16 bits per heavy atom. The summed E-state index contributed by atoms with van der Waals surface area (Å²) in [5.74, 6) is 0.553. The van der Waals surface area contributed by atoms with Gasteiger partial charge in [0.2, 0.25) is 0 Å². The highest BCUT2D eigenvalue weighted by molar-refractivity contribution is 6.21. The van der Waals surface area contributed by atoms with E-state index in [9.17, 15) is 4.79 Å². The summed E-state index contributed by atoms with van der Waals surface area (Å²) in [5, 5.41) is 1.17. The van der Waals surface area contributed by atoms with E-state index in [2.05, 4.69) is 0 Å². The fourth-order valence-corrected chi connectivity index (χ4v) is 3.13. The van der Waals surface area contributed by atoms with Gasteiger partial charge in [0.15, 0.2) is 0 Å². The predicted molar refractivity (Wildman–Crippen MR) is 75.5 cm³/mol. The van der Waals surface area contributed by atoms with Crippen LogP contribution in [0.2, 0.25) is 0 Å². The molecule has 1 aliphatic rings. The van der Waals surface area contributed by atoms with Crippen LogP contribution in [0.15, 0.2) is 34.9 Å². The fourth-order valence-electron chi connectivity index (χ4n) is 2.62. The first kappa shape index (κ1) is 12.5. The maximum absolute atomic E-state index is 12.4. The van der Waals surface area contributed by atoms with E-state index in [1.807, 2.05) is 31.3 Å². The number of nitrogens with zero attached hydrogens (tertiary/aromatic N) is 1. The quantitative estimate of drug-likeness (QED) is 0.804. The number of hydrogen-bond donors (Lipinski definition) is 0. The molecule has 0 radical (unpaired) electrons. The van der Waals surface area contributed by atoms with E-state index in [0.717, 1.165) is 30.4 Å². The third-order valence-electron chi connectivity index (χ3n) is 3.77. The molecule has 1 aromatic carbocycles. The van der Waals surface area contributed by atoms with Crippen molar-refractivity contribution in [2.24, 2.45) is 5.92 Å². The Morgan fingerprint density at radius 3 is 2.89 bits per heavy atom. The molecule has 1 aliphatic carbocycles. The van der Waals surface area contributed by atoms with Crippen molar-refractivity contribution in [1.29, 1.82) is 0 Å². The lowest BCUT2D eigenvalue weighted by atomic mass is 9.84. The Balaban J connectivity index is 1.75. The number of hydrogen-bond acceptors (Lipinski definition) is 2. The molecule has 0 saturated heterocycles. The molecule has 0 N–H and O–H groups in total. The molecule has 4 heteroatoms. The second-order valence-corrected chi connectivity index (χ2v) is 5.88. The Bertz CT molecular complexity index is 601. The normalized spacial score (nSPS) is 22.2. The van der Waals surface area contributed by atoms with Crippen LogP contribution in [-0.4, -0.2) is 29.8 Å². The van der Waals surface area contributed by atoms with Gasteiger partial charge in [-0.05, 0) is 24.8 Å². The fraction of sp³-hybridized carbons (Fsp3) is 0.400. The second-order valence-electron chi connectivity index (χ2n) is 5.27. The van der Waals surface area contributed by atoms with Gasteiger partial charge in [-0.3, -0.25) is 4.79 Å². The van der Waals surface area contributed by atoms with Gasteiger partial charge < -0.3 is 9.32 Å². The molecule has 100 valence electrons. The summed E-state index contributed by atoms with van der Waals surface area (Å²) < 4.78 is 5.41. The van der Waals surface area contributed by atoms with Crippen molar-refractivity contribution in [2.75, 3.05) is 13.6 Å². The summed E-state index contributed by atoms with van der Waals surface area (Å²) in [4.78, 5) is 14.2. The second kappa shape index (κ2) is 4.89. The third-order valence-corrected chi connectivity index (χ3v) is 4.12. The average Bonchev–Trinajstić information content (AvgIpc) is 2.79. The van der Waals surface area contributed by atoms with Crippen molar-refractivity contribution >= 4 is 28.5 Å². The van der Waals surface area contributed by atoms with Crippen molar-refractivity contribution in [3.05, 3.63) is 36.1 Å². The zero-order valence-electron chi connectivity index (χ0n) is 10.8. The average molecular weight is 278 g/mol. The van der Waals surface area contributed by atoms with Crippen LogP contribution in [0, 0.1) is 5.92 Å². The molecule has 19 heavy (non-hydrogen) atoms. The Morgan fingerprint density at radius 1 is 1.42 bits per heavy atom. The number of carbonyl (C=O) groups excluding carboxylic acids is 1. The maximum Gasteiger partial charge on any atom is 0.257 e. The van der Waals surface area contributed by atoms with E-state index in [1.54, 1.807) is 11.2 Å². The lowest BCUT2D eigenvalue weighted by Gasteiger charge is -2.34. The number of benzene rings is 1. The summed E-state index contributed by atoms with van der Waals surface area (Å²) in [6.07, 6.45) is 3.56. The van der Waals surface area contributed by atoms with Gasteiger partial charge in [-0.1, -0.05) is 18.2 Å². The largest absolute Gasteiger partial charge is 0.463 e. The molecule has 0 bridgehead atoms. The van der Waals surface area contributed by atoms with Crippen LogP contribution in [0.25, 0.3) is 11.0 Å². The summed E-state index contributed by atoms with van der Waals surface area (Å²) in [7, 11) is 1.84. The number of para-hydroxylation sites is 1. The molecule has 1 heterocycles. The highest BCUT2D eigenvalue weighted by Crippen LogP contribution is 2.32. The molecule has 1 fully saturated rings. The third kappa shape index (κ3) is 2.35. The van der Waals surface area contributed by atoms with E-state index < -0.39 is 0 Å². The molecule has 0 aliphatic heterocycles. The summed E-state index contributed by atoms with van der Waals surface area (Å²) >= 11 is 5.97. The number of halogens is 1. The smallest absolute Gasteiger partial charge is 0.257 e. The van der Waals surface area contributed by atoms with Crippen molar-refractivity contribution in [3.8, 4) is 0 Å². The molecule has 1 aromatic heterocycles. The standard InChI is InChI=1S/C15H16ClNO2/c1-17(8-10-6-11(16)7-10)15(18)13-9-19-14-5-3-2-4-12(13)14/h2-5,9-11H,6-8H2,1H3. The van der Waals surface area contributed by atoms with Gasteiger partial charge >= 0.3 is 0 Å². The molecular formula is C15H16ClNO2. The van der Waals surface area contributed by atoms with Gasteiger partial charge in [0, 0.05) is 24.4 Å². The van der Waals surface area contributed by atoms with Crippen LogP contribution in [0.1, 0.15) is 23.2 Å². The number of alkyl halides is 1. The molecular weight excluding hydrogens is 262 g/mol. The van der Waals surface area contributed by atoms with Gasteiger partial charge in [0.05, 0.1) is 5.56 Å². The van der Waals surface area contributed by atoms with Crippen molar-refractivity contribution in [1.82, 2.24) is 4.90 Å². The SMILES string of the molecule is CN(CC1CC(Cl)C1)C(=O)c1coc2ccccc12. The van der Waals surface area contributed by atoms with Crippen LogP contribution >= 0.6 is 11.6 Å². The molecule has 2 aromatic rings. The molecule has 1 saturated carbocycles. The Kier molecular flexibility index (Phi) is 3.23. The summed E-state index contributed by atoms with van der Waals surface area (Å²) in [6.45, 7) is 0.765. The van der Waals surface area contributed by atoms with Gasteiger partial charge in [-0.2, -0.15) is 0 Å². The Labute approximate surface area is 117 Å². The Hall–Kier alpha value is -1.48. The number of furan rings is 1. The molecule has 1 amide bonds. The van der Waals surface area contributed by atoms with E-state index in [1.165, 1.54) is 0 Å². The van der Waals surface area contributed by atoms with Crippen LogP contribution in [0.4, 0.5) is 0 Å². The summed E-state index contributed by atoms with van der Waals surface area (Å²) in [6, 6.07) is 7.60. The lowest BCUT2D eigenvalue weighted by molar-refractivity contribution is 0.0748. The number of amides is 1. The summed E-state index contributed by atoms with van der Waals surface area (Å²) in [5.41, 5.74) is 1.39. The molecule has 0 spiro atoms. The minimum absolute atomic E-state index is 0.0166. The number of rotatable bonds is 3. The molecule has 3 nitrogen and oxygen atoms in total. The monoisotopic (exact) mass is 277 g/mol. The van der Waals surface area contributed by atoms with Gasteiger partial charge in [0.1, 0.15) is 11.8 Å². The first-order valence-electron chi connectivity index (χ1n) is 6.51. The van der Waals surface area contributed by atoms with Crippen LogP contribution < -0.4 is 0 Å². The zero-order chi connectivity index (χ0) is 13.4. The van der Waals surface area contributed by atoms with Crippen LogP contribution in [0.3, 0.4) is 0 Å². The predicted octanol–water partition coefficient (Wildman–Crippen LogP) is 3.52. The maximum atomic E-state index is 12.4. The minimum atomic E-state index is 0.0166. The molecule has 0 atom stereocenters. The van der Waals surface area contributed by atoms with Crippen molar-refractivity contribution in [2.45, 2.75) is 18.2 Å². The van der Waals surface area contributed by atoms with Crippen molar-refractivity contribution in [3.63, 3.8) is 0 Å².